The van der Waals surface area contributed by atoms with Gasteiger partial charge in [0.15, 0.2) is 5.69 Å². The number of nitrogens with zero attached hydrogens (tertiary/aromatic N) is 3. The maximum absolute atomic E-state index is 12.6. The van der Waals surface area contributed by atoms with E-state index in [0.717, 1.165) is 0 Å². The summed E-state index contributed by atoms with van der Waals surface area (Å²) in [5, 5.41) is 2.99. The van der Waals surface area contributed by atoms with Crippen LogP contribution in [-0.4, -0.2) is 40.9 Å². The Morgan fingerprint density at radius 3 is 2.30 bits per heavy atom. The number of hydrogen-bond donors (Lipinski definition) is 1. The first kappa shape index (κ1) is 16.4. The summed E-state index contributed by atoms with van der Waals surface area (Å²) in [6.45, 7) is 10.3. The number of rotatable bonds is 5. The van der Waals surface area contributed by atoms with Gasteiger partial charge in [-0.05, 0) is 12.8 Å². The molecule has 1 heterocycles. The third kappa shape index (κ3) is 3.46. The zero-order valence-corrected chi connectivity index (χ0v) is 13.6. The molecule has 1 N–H and O–H groups in total. The summed E-state index contributed by atoms with van der Waals surface area (Å²) in [6.07, 6.45) is 1.68. The Balaban J connectivity index is 3.16. The predicted molar refractivity (Wildman–Crippen MR) is 82.1 cm³/mol. The SMILES string of the molecule is CNc1cnc(C(C)C)nc1C(=O)N(C)C(C)C(C)C. The number of hydrogen-bond acceptors (Lipinski definition) is 4. The summed E-state index contributed by atoms with van der Waals surface area (Å²) in [5.74, 6) is 1.21. The second-order valence-electron chi connectivity index (χ2n) is 5.80. The molecule has 112 valence electrons. The Bertz CT molecular complexity index is 471. The highest BCUT2D eigenvalue weighted by atomic mass is 16.2. The monoisotopic (exact) mass is 278 g/mol. The summed E-state index contributed by atoms with van der Waals surface area (Å²) in [6, 6.07) is 0.157. The minimum absolute atomic E-state index is 0.0696. The molecule has 0 saturated carbocycles. The van der Waals surface area contributed by atoms with Crippen LogP contribution in [0.4, 0.5) is 5.69 Å². The molecule has 0 aliphatic heterocycles. The van der Waals surface area contributed by atoms with Crippen LogP contribution in [0.1, 0.15) is 56.8 Å². The van der Waals surface area contributed by atoms with Gasteiger partial charge in [-0.1, -0.05) is 27.7 Å². The van der Waals surface area contributed by atoms with Crippen LogP contribution >= 0.6 is 0 Å². The minimum Gasteiger partial charge on any atom is -0.385 e. The third-order valence-electron chi connectivity index (χ3n) is 3.69. The number of anilines is 1. The molecule has 0 saturated heterocycles. The van der Waals surface area contributed by atoms with Crippen molar-refractivity contribution in [2.24, 2.45) is 5.92 Å². The smallest absolute Gasteiger partial charge is 0.274 e. The number of amides is 1. The van der Waals surface area contributed by atoms with E-state index in [0.29, 0.717) is 23.1 Å². The molecule has 0 aliphatic rings. The second-order valence-corrected chi connectivity index (χ2v) is 5.80. The average molecular weight is 278 g/mol. The molecule has 20 heavy (non-hydrogen) atoms. The van der Waals surface area contributed by atoms with E-state index in [9.17, 15) is 4.79 Å². The Morgan fingerprint density at radius 1 is 1.25 bits per heavy atom. The van der Waals surface area contributed by atoms with Gasteiger partial charge in [-0.3, -0.25) is 4.79 Å². The highest BCUT2D eigenvalue weighted by molar-refractivity contribution is 5.97. The summed E-state index contributed by atoms with van der Waals surface area (Å²) >= 11 is 0. The lowest BCUT2D eigenvalue weighted by Gasteiger charge is -2.28. The van der Waals surface area contributed by atoms with E-state index < -0.39 is 0 Å². The van der Waals surface area contributed by atoms with E-state index in [1.165, 1.54) is 0 Å². The van der Waals surface area contributed by atoms with E-state index in [1.807, 2.05) is 27.8 Å². The van der Waals surface area contributed by atoms with Gasteiger partial charge >= 0.3 is 0 Å². The lowest BCUT2D eigenvalue weighted by atomic mass is 10.0. The van der Waals surface area contributed by atoms with E-state index in [1.54, 1.807) is 18.1 Å². The maximum atomic E-state index is 12.6. The van der Waals surface area contributed by atoms with Crippen LogP contribution in [0.15, 0.2) is 6.20 Å². The molecule has 1 aromatic rings. The number of carbonyl (C=O) groups is 1. The van der Waals surface area contributed by atoms with Crippen molar-refractivity contribution in [3.05, 3.63) is 17.7 Å². The quantitative estimate of drug-likeness (QED) is 0.899. The highest BCUT2D eigenvalue weighted by Crippen LogP contribution is 2.19. The summed E-state index contributed by atoms with van der Waals surface area (Å²) in [5.41, 5.74) is 1.11. The molecule has 0 spiro atoms. The Labute approximate surface area is 121 Å². The van der Waals surface area contributed by atoms with E-state index in [4.69, 9.17) is 0 Å². The predicted octanol–water partition coefficient (Wildman–Crippen LogP) is 2.76. The number of aromatic nitrogens is 2. The first-order chi connectivity index (χ1) is 9.29. The van der Waals surface area contributed by atoms with Gasteiger partial charge in [0.25, 0.3) is 5.91 Å². The van der Waals surface area contributed by atoms with Gasteiger partial charge in [0.2, 0.25) is 0 Å². The van der Waals surface area contributed by atoms with Crippen LogP contribution in [0.2, 0.25) is 0 Å². The third-order valence-corrected chi connectivity index (χ3v) is 3.69. The van der Waals surface area contributed by atoms with Crippen molar-refractivity contribution in [1.29, 1.82) is 0 Å². The van der Waals surface area contributed by atoms with Crippen LogP contribution in [0.25, 0.3) is 0 Å². The summed E-state index contributed by atoms with van der Waals surface area (Å²) < 4.78 is 0. The standard InChI is InChI=1S/C15H26N4O/c1-9(2)11(5)19(7)15(20)13-12(16-6)8-17-14(18-13)10(3)4/h8-11,16H,1-7H3. The fourth-order valence-corrected chi connectivity index (χ4v) is 1.82. The molecule has 1 aromatic heterocycles. The molecule has 0 bridgehead atoms. The van der Waals surface area contributed by atoms with Crippen molar-refractivity contribution in [3.8, 4) is 0 Å². The molecule has 0 aliphatic carbocycles. The molecule has 5 heteroatoms. The van der Waals surface area contributed by atoms with Gasteiger partial charge in [-0.25, -0.2) is 9.97 Å². The van der Waals surface area contributed by atoms with E-state index in [2.05, 4.69) is 29.1 Å². The summed E-state index contributed by atoms with van der Waals surface area (Å²) in [7, 11) is 3.60. The molecular weight excluding hydrogens is 252 g/mol. The van der Waals surface area contributed by atoms with Gasteiger partial charge in [0.05, 0.1) is 11.9 Å². The van der Waals surface area contributed by atoms with Crippen molar-refractivity contribution in [2.75, 3.05) is 19.4 Å². The molecule has 0 fully saturated rings. The zero-order chi connectivity index (χ0) is 15.4. The van der Waals surface area contributed by atoms with E-state index >= 15 is 0 Å². The zero-order valence-electron chi connectivity index (χ0n) is 13.6. The Hall–Kier alpha value is -1.65. The molecular formula is C15H26N4O. The first-order valence-electron chi connectivity index (χ1n) is 7.11. The summed E-state index contributed by atoms with van der Waals surface area (Å²) in [4.78, 5) is 23.1. The van der Waals surface area contributed by atoms with Gasteiger partial charge in [-0.2, -0.15) is 0 Å². The largest absolute Gasteiger partial charge is 0.385 e. The lowest BCUT2D eigenvalue weighted by Crippen LogP contribution is -2.39. The molecule has 1 atom stereocenters. The fraction of sp³-hybridized carbons (Fsp3) is 0.667. The minimum atomic E-state index is -0.0696. The van der Waals surface area contributed by atoms with Gasteiger partial charge in [0.1, 0.15) is 5.82 Å². The Kier molecular flexibility index (Phi) is 5.48. The molecule has 1 amide bonds. The van der Waals surface area contributed by atoms with Crippen LogP contribution in [-0.2, 0) is 0 Å². The second kappa shape index (κ2) is 6.68. The van der Waals surface area contributed by atoms with Crippen molar-refractivity contribution >= 4 is 11.6 Å². The van der Waals surface area contributed by atoms with Crippen LogP contribution < -0.4 is 5.32 Å². The van der Waals surface area contributed by atoms with Crippen molar-refractivity contribution in [2.45, 2.75) is 46.6 Å². The molecule has 5 nitrogen and oxygen atoms in total. The van der Waals surface area contributed by atoms with Gasteiger partial charge < -0.3 is 10.2 Å². The number of carbonyl (C=O) groups excluding carboxylic acids is 1. The highest BCUT2D eigenvalue weighted by Gasteiger charge is 2.24. The van der Waals surface area contributed by atoms with Crippen molar-refractivity contribution < 1.29 is 4.79 Å². The van der Waals surface area contributed by atoms with E-state index in [-0.39, 0.29) is 17.9 Å². The molecule has 0 aromatic carbocycles. The topological polar surface area (TPSA) is 58.1 Å². The van der Waals surface area contributed by atoms with Gasteiger partial charge in [0, 0.05) is 26.1 Å². The Morgan fingerprint density at radius 2 is 1.85 bits per heavy atom. The number of nitrogens with one attached hydrogen (secondary N) is 1. The normalized spacial score (nSPS) is 12.7. The average Bonchev–Trinajstić information content (AvgIpc) is 2.43. The molecule has 1 unspecified atom stereocenters. The van der Waals surface area contributed by atoms with Crippen molar-refractivity contribution in [1.82, 2.24) is 14.9 Å². The first-order valence-corrected chi connectivity index (χ1v) is 7.11. The lowest BCUT2D eigenvalue weighted by molar-refractivity contribution is 0.0701. The van der Waals surface area contributed by atoms with Crippen LogP contribution in [0, 0.1) is 5.92 Å². The molecule has 1 rings (SSSR count). The van der Waals surface area contributed by atoms with Crippen molar-refractivity contribution in [3.63, 3.8) is 0 Å². The van der Waals surface area contributed by atoms with Gasteiger partial charge in [-0.15, -0.1) is 0 Å². The fourth-order valence-electron chi connectivity index (χ4n) is 1.82. The van der Waals surface area contributed by atoms with Crippen LogP contribution in [0.5, 0.6) is 0 Å². The maximum Gasteiger partial charge on any atom is 0.274 e. The van der Waals surface area contributed by atoms with Crippen LogP contribution in [0.3, 0.4) is 0 Å². The molecule has 0 radical (unpaired) electrons.